The van der Waals surface area contributed by atoms with Crippen molar-refractivity contribution in [1.82, 2.24) is 20.4 Å². The fourth-order valence-electron chi connectivity index (χ4n) is 6.05. The first kappa shape index (κ1) is 20.9. The van der Waals surface area contributed by atoms with Crippen LogP contribution in [0.2, 0.25) is 0 Å². The highest BCUT2D eigenvalue weighted by molar-refractivity contribution is 6.22. The van der Waals surface area contributed by atoms with Gasteiger partial charge in [-0.15, -0.1) is 0 Å². The van der Waals surface area contributed by atoms with E-state index in [0.29, 0.717) is 23.5 Å². The number of benzene rings is 1. The Morgan fingerprint density at radius 3 is 2.76 bits per heavy atom. The molecule has 3 aliphatic rings. The second-order valence-corrected chi connectivity index (χ2v) is 9.38. The van der Waals surface area contributed by atoms with Gasteiger partial charge in [0.1, 0.15) is 16.8 Å². The fraction of sp³-hybridized carbons (Fsp3) is 0.417. The second-order valence-electron chi connectivity index (χ2n) is 9.38. The zero-order valence-electron chi connectivity index (χ0n) is 19.0. The third kappa shape index (κ3) is 2.71. The molecule has 34 heavy (non-hydrogen) atoms. The average molecular weight is 461 g/mol. The minimum absolute atomic E-state index is 0.113. The van der Waals surface area contributed by atoms with E-state index in [1.54, 1.807) is 18.6 Å². The van der Waals surface area contributed by atoms with Crippen molar-refractivity contribution in [3.8, 4) is 11.4 Å². The Hall–Kier alpha value is -3.66. The molecule has 4 atom stereocenters. The molecule has 1 spiro atoms. The van der Waals surface area contributed by atoms with Gasteiger partial charge in [0.05, 0.1) is 36.3 Å². The van der Waals surface area contributed by atoms with Gasteiger partial charge < -0.3 is 14.2 Å². The minimum Gasteiger partial charge on any atom is -0.372 e. The summed E-state index contributed by atoms with van der Waals surface area (Å²) < 4.78 is 11.9. The largest absolute Gasteiger partial charge is 0.372 e. The van der Waals surface area contributed by atoms with Crippen LogP contribution in [0.5, 0.6) is 0 Å². The molecule has 10 nitrogen and oxygen atoms in total. The Labute approximate surface area is 194 Å². The Kier molecular flexibility index (Phi) is 4.41. The van der Waals surface area contributed by atoms with Crippen molar-refractivity contribution in [3.05, 3.63) is 35.8 Å². The van der Waals surface area contributed by atoms with Gasteiger partial charge in [0.2, 0.25) is 11.8 Å². The number of Topliss-reactive ketones (excluding diaryl/α,β-unsaturated/α-hetero) is 1. The van der Waals surface area contributed by atoms with Crippen molar-refractivity contribution >= 4 is 34.3 Å². The number of ether oxygens (including phenoxy) is 1. The number of nitrogens with one attached hydrogen (secondary N) is 1. The second kappa shape index (κ2) is 7.17. The number of carbonyl (C=O) groups excluding carboxylic acids is 3. The van der Waals surface area contributed by atoms with Crippen molar-refractivity contribution in [2.24, 2.45) is 5.41 Å². The SMILES string of the molecule is Cc1c2c(cc3c(-c4cnccn4)noc13)CC1(C(=O)CC(=O)NC1=O)[C@H]1[C@H](C)O[C@H](C)CN21. The zero-order valence-corrected chi connectivity index (χ0v) is 19.0. The summed E-state index contributed by atoms with van der Waals surface area (Å²) in [6.07, 6.45) is 4.09. The van der Waals surface area contributed by atoms with Gasteiger partial charge in [-0.25, -0.2) is 0 Å². The smallest absolute Gasteiger partial charge is 0.242 e. The molecule has 1 N–H and O–H groups in total. The summed E-state index contributed by atoms with van der Waals surface area (Å²) >= 11 is 0. The number of aromatic nitrogens is 3. The first-order valence-corrected chi connectivity index (χ1v) is 11.3. The molecule has 1 unspecified atom stereocenters. The highest BCUT2D eigenvalue weighted by Gasteiger charge is 2.62. The van der Waals surface area contributed by atoms with E-state index in [1.165, 1.54) is 0 Å². The number of morpholine rings is 1. The van der Waals surface area contributed by atoms with E-state index in [9.17, 15) is 14.4 Å². The van der Waals surface area contributed by atoms with Crippen LogP contribution in [0.25, 0.3) is 22.4 Å². The monoisotopic (exact) mass is 461 g/mol. The molecule has 10 heteroatoms. The van der Waals surface area contributed by atoms with Crippen molar-refractivity contribution < 1.29 is 23.6 Å². The number of nitrogens with zero attached hydrogens (tertiary/aromatic N) is 4. The molecule has 0 aliphatic carbocycles. The molecule has 5 heterocycles. The minimum atomic E-state index is -1.43. The van der Waals surface area contributed by atoms with Crippen LogP contribution in [0, 0.1) is 12.3 Å². The standard InChI is InChI=1S/C24H23N5O5/c1-11-10-29-20-12(2)21-15(19(28-34-21)16-9-25-4-5-26-16)6-14(20)8-24(22(29)13(3)33-11)17(30)7-18(31)27-23(24)32/h4-6,9,11,13,22H,7-8,10H2,1-3H3,(H,27,31,32)/t11-,13+,22-,24?/m1/s1. The van der Waals surface area contributed by atoms with Crippen LogP contribution < -0.4 is 10.2 Å². The Balaban J connectivity index is 1.61. The summed E-state index contributed by atoms with van der Waals surface area (Å²) in [5, 5.41) is 7.42. The van der Waals surface area contributed by atoms with E-state index in [1.807, 2.05) is 26.8 Å². The van der Waals surface area contributed by atoms with E-state index in [0.717, 1.165) is 22.2 Å². The van der Waals surface area contributed by atoms with Gasteiger partial charge in [0.25, 0.3) is 0 Å². The number of anilines is 1. The van der Waals surface area contributed by atoms with E-state index >= 15 is 0 Å². The highest BCUT2D eigenvalue weighted by atomic mass is 16.5. The average Bonchev–Trinajstić information content (AvgIpc) is 3.21. The summed E-state index contributed by atoms with van der Waals surface area (Å²) in [6.45, 7) is 6.30. The van der Waals surface area contributed by atoms with Crippen molar-refractivity contribution in [2.75, 3.05) is 11.4 Å². The van der Waals surface area contributed by atoms with Crippen LogP contribution in [0.3, 0.4) is 0 Å². The maximum absolute atomic E-state index is 13.5. The normalized spacial score (nSPS) is 28.7. The Morgan fingerprint density at radius 1 is 1.21 bits per heavy atom. The molecule has 0 radical (unpaired) electrons. The van der Waals surface area contributed by atoms with Gasteiger partial charge in [-0.2, -0.15) is 0 Å². The molecule has 174 valence electrons. The van der Waals surface area contributed by atoms with Crippen molar-refractivity contribution in [2.45, 2.75) is 51.9 Å². The Morgan fingerprint density at radius 2 is 2.03 bits per heavy atom. The van der Waals surface area contributed by atoms with Gasteiger partial charge in [-0.3, -0.25) is 29.7 Å². The van der Waals surface area contributed by atoms with Crippen molar-refractivity contribution in [1.29, 1.82) is 0 Å². The summed E-state index contributed by atoms with van der Waals surface area (Å²) in [5.41, 5.74) is 2.92. The van der Waals surface area contributed by atoms with Gasteiger partial charge in [-0.1, -0.05) is 5.16 Å². The number of aryl methyl sites for hydroxylation is 1. The molecule has 3 aromatic rings. The number of ketones is 1. The molecule has 3 aliphatic heterocycles. The lowest BCUT2D eigenvalue weighted by Crippen LogP contribution is -2.72. The third-order valence-corrected chi connectivity index (χ3v) is 7.27. The molecule has 0 saturated carbocycles. The first-order valence-electron chi connectivity index (χ1n) is 11.3. The zero-order chi connectivity index (χ0) is 23.8. The quantitative estimate of drug-likeness (QED) is 0.426. The maximum Gasteiger partial charge on any atom is 0.242 e. The topological polar surface area (TPSA) is 128 Å². The highest BCUT2D eigenvalue weighted by Crippen LogP contribution is 2.50. The van der Waals surface area contributed by atoms with Gasteiger partial charge in [0, 0.05) is 30.2 Å². The van der Waals surface area contributed by atoms with Crippen molar-refractivity contribution in [3.63, 3.8) is 0 Å². The lowest BCUT2D eigenvalue weighted by molar-refractivity contribution is -0.158. The van der Waals surface area contributed by atoms with Crippen LogP contribution in [0.1, 0.15) is 31.4 Å². The van der Waals surface area contributed by atoms with Crippen LogP contribution in [0.4, 0.5) is 5.69 Å². The number of carbonyl (C=O) groups is 3. The predicted octanol–water partition coefficient (Wildman–Crippen LogP) is 1.73. The number of hydrogen-bond acceptors (Lipinski definition) is 9. The predicted molar refractivity (Wildman–Crippen MR) is 120 cm³/mol. The summed E-state index contributed by atoms with van der Waals surface area (Å²) in [4.78, 5) is 49.4. The lowest BCUT2D eigenvalue weighted by Gasteiger charge is -2.56. The number of imide groups is 1. The molecule has 1 aromatic carbocycles. The van der Waals surface area contributed by atoms with Crippen LogP contribution in [0.15, 0.2) is 29.2 Å². The van der Waals surface area contributed by atoms with Gasteiger partial charge in [-0.05, 0) is 38.8 Å². The molecule has 2 fully saturated rings. The molecule has 2 aromatic heterocycles. The summed E-state index contributed by atoms with van der Waals surface area (Å²) in [7, 11) is 0. The van der Waals surface area contributed by atoms with Gasteiger partial charge >= 0.3 is 0 Å². The fourth-order valence-corrected chi connectivity index (χ4v) is 6.05. The first-order chi connectivity index (χ1) is 16.3. The van der Waals surface area contributed by atoms with E-state index in [4.69, 9.17) is 9.26 Å². The lowest BCUT2D eigenvalue weighted by atomic mass is 9.63. The molecular weight excluding hydrogens is 438 g/mol. The number of hydrogen-bond donors (Lipinski definition) is 1. The van der Waals surface area contributed by atoms with E-state index in [-0.39, 0.29) is 24.7 Å². The van der Waals surface area contributed by atoms with Crippen LogP contribution in [-0.2, 0) is 25.5 Å². The molecular formula is C24H23N5O5. The molecule has 2 amide bonds. The number of fused-ring (bicyclic) bond motifs is 5. The van der Waals surface area contributed by atoms with Gasteiger partial charge in [0.15, 0.2) is 11.4 Å². The summed E-state index contributed by atoms with van der Waals surface area (Å²) in [5.74, 6) is -1.49. The van der Waals surface area contributed by atoms with E-state index < -0.39 is 29.4 Å². The molecule has 2 saturated heterocycles. The molecule has 6 rings (SSSR count). The molecule has 0 bridgehead atoms. The maximum atomic E-state index is 13.5. The Bertz CT molecular complexity index is 1350. The number of amides is 2. The summed E-state index contributed by atoms with van der Waals surface area (Å²) in [6, 6.07) is 1.38. The number of rotatable bonds is 1. The van der Waals surface area contributed by atoms with Crippen LogP contribution >= 0.6 is 0 Å². The van der Waals surface area contributed by atoms with E-state index in [2.05, 4.69) is 25.3 Å². The number of piperidine rings is 1. The van der Waals surface area contributed by atoms with Crippen LogP contribution in [-0.4, -0.2) is 57.5 Å². The third-order valence-electron chi connectivity index (χ3n) is 7.27.